The smallest absolute Gasteiger partial charge is 0.326 e. The van der Waals surface area contributed by atoms with Crippen LogP contribution in [0.1, 0.15) is 25.3 Å². The van der Waals surface area contributed by atoms with Gasteiger partial charge in [0, 0.05) is 12.5 Å². The number of aliphatic carboxylic acids is 1. The number of amides is 2. The number of carboxylic acid groups (broad SMARTS) is 1. The number of nitrogens with one attached hydrogen (secondary N) is 1. The molecule has 1 aliphatic rings. The van der Waals surface area contributed by atoms with E-state index in [1.165, 1.54) is 4.90 Å². The van der Waals surface area contributed by atoms with E-state index in [1.807, 2.05) is 36.6 Å². The van der Waals surface area contributed by atoms with Crippen LogP contribution in [0.4, 0.5) is 0 Å². The van der Waals surface area contributed by atoms with Gasteiger partial charge in [0.15, 0.2) is 0 Å². The van der Waals surface area contributed by atoms with Crippen LogP contribution >= 0.6 is 11.8 Å². The van der Waals surface area contributed by atoms with E-state index in [4.69, 9.17) is 5.73 Å². The van der Waals surface area contributed by atoms with E-state index < -0.39 is 24.1 Å². The minimum Gasteiger partial charge on any atom is -0.480 e. The monoisotopic (exact) mass is 393 g/mol. The van der Waals surface area contributed by atoms with E-state index in [0.717, 1.165) is 11.3 Å². The van der Waals surface area contributed by atoms with Crippen molar-refractivity contribution in [3.8, 4) is 0 Å². The molecule has 7 nitrogen and oxygen atoms in total. The largest absolute Gasteiger partial charge is 0.480 e. The molecule has 0 radical (unpaired) electrons. The molecule has 1 heterocycles. The van der Waals surface area contributed by atoms with Crippen LogP contribution in [0.2, 0.25) is 0 Å². The molecule has 148 valence electrons. The van der Waals surface area contributed by atoms with Gasteiger partial charge in [0.2, 0.25) is 11.8 Å². The zero-order valence-corrected chi connectivity index (χ0v) is 16.4. The number of rotatable bonds is 9. The molecule has 0 spiro atoms. The van der Waals surface area contributed by atoms with Gasteiger partial charge in [-0.1, -0.05) is 30.3 Å². The molecule has 1 aromatic carbocycles. The summed E-state index contributed by atoms with van der Waals surface area (Å²) in [5.41, 5.74) is 6.71. The Morgan fingerprint density at radius 3 is 2.63 bits per heavy atom. The Kier molecular flexibility index (Phi) is 7.67. The molecule has 1 unspecified atom stereocenters. The first-order chi connectivity index (χ1) is 12.8. The number of carbonyl (C=O) groups is 3. The molecule has 4 atom stereocenters. The Hall–Kier alpha value is -2.06. The summed E-state index contributed by atoms with van der Waals surface area (Å²) in [5, 5.41) is 12.4. The van der Waals surface area contributed by atoms with Crippen molar-refractivity contribution in [1.29, 1.82) is 0 Å². The molecule has 1 fully saturated rings. The van der Waals surface area contributed by atoms with Crippen molar-refractivity contribution in [2.24, 2.45) is 5.73 Å². The molecule has 1 aliphatic heterocycles. The van der Waals surface area contributed by atoms with E-state index >= 15 is 0 Å². The van der Waals surface area contributed by atoms with Gasteiger partial charge in [-0.2, -0.15) is 11.8 Å². The summed E-state index contributed by atoms with van der Waals surface area (Å²) >= 11 is 1.60. The maximum Gasteiger partial charge on any atom is 0.326 e. The summed E-state index contributed by atoms with van der Waals surface area (Å²) in [7, 11) is 0. The SMILES string of the molecule is CSCC[C@H](N)C(=O)N[C@H]1CC(C)N([C@@H](Cc2ccccc2)C(=O)O)C1=O. The lowest BCUT2D eigenvalue weighted by Gasteiger charge is -2.28. The number of likely N-dealkylation sites (tertiary alicyclic amines) is 1. The van der Waals surface area contributed by atoms with Crippen LogP contribution in [0.25, 0.3) is 0 Å². The van der Waals surface area contributed by atoms with E-state index in [9.17, 15) is 19.5 Å². The van der Waals surface area contributed by atoms with Gasteiger partial charge in [-0.3, -0.25) is 9.59 Å². The fourth-order valence-corrected chi connectivity index (χ4v) is 3.82. The Balaban J connectivity index is 2.07. The van der Waals surface area contributed by atoms with E-state index in [0.29, 0.717) is 12.8 Å². The first-order valence-corrected chi connectivity index (χ1v) is 10.4. The van der Waals surface area contributed by atoms with Gasteiger partial charge < -0.3 is 21.1 Å². The third-order valence-electron chi connectivity index (χ3n) is 4.78. The molecule has 2 rings (SSSR count). The van der Waals surface area contributed by atoms with Crippen molar-refractivity contribution < 1.29 is 19.5 Å². The second-order valence-electron chi connectivity index (χ2n) is 6.82. The minimum absolute atomic E-state index is 0.222. The Labute approximate surface area is 163 Å². The zero-order valence-electron chi connectivity index (χ0n) is 15.6. The highest BCUT2D eigenvalue weighted by Crippen LogP contribution is 2.24. The molecule has 1 saturated heterocycles. The number of nitrogens with zero attached hydrogens (tertiary/aromatic N) is 1. The third kappa shape index (κ3) is 5.46. The van der Waals surface area contributed by atoms with Crippen molar-refractivity contribution in [2.75, 3.05) is 12.0 Å². The molecule has 0 aliphatic carbocycles. The summed E-state index contributed by atoms with van der Waals surface area (Å²) in [6.07, 6.45) is 3.06. The summed E-state index contributed by atoms with van der Waals surface area (Å²) in [4.78, 5) is 38.3. The third-order valence-corrected chi connectivity index (χ3v) is 5.43. The van der Waals surface area contributed by atoms with Gasteiger partial charge in [-0.05, 0) is 37.3 Å². The molecule has 8 heteroatoms. The predicted molar refractivity (Wildman–Crippen MR) is 105 cm³/mol. The van der Waals surface area contributed by atoms with Gasteiger partial charge >= 0.3 is 5.97 Å². The number of carboxylic acids is 1. The van der Waals surface area contributed by atoms with Crippen molar-refractivity contribution in [1.82, 2.24) is 10.2 Å². The lowest BCUT2D eigenvalue weighted by Crippen LogP contribution is -2.51. The van der Waals surface area contributed by atoms with Gasteiger partial charge in [0.25, 0.3) is 0 Å². The molecule has 1 aromatic rings. The van der Waals surface area contributed by atoms with E-state index in [-0.39, 0.29) is 24.3 Å². The van der Waals surface area contributed by atoms with Crippen molar-refractivity contribution in [3.05, 3.63) is 35.9 Å². The number of thioether (sulfide) groups is 1. The highest BCUT2D eigenvalue weighted by molar-refractivity contribution is 7.98. The number of carbonyl (C=O) groups excluding carboxylic acids is 2. The van der Waals surface area contributed by atoms with Crippen LogP contribution < -0.4 is 11.1 Å². The van der Waals surface area contributed by atoms with Crippen LogP contribution in [0.5, 0.6) is 0 Å². The van der Waals surface area contributed by atoms with Gasteiger partial charge in [0.05, 0.1) is 6.04 Å². The molecule has 4 N–H and O–H groups in total. The van der Waals surface area contributed by atoms with E-state index in [1.54, 1.807) is 18.7 Å². The Morgan fingerprint density at radius 2 is 2.04 bits per heavy atom. The number of hydrogen-bond acceptors (Lipinski definition) is 5. The summed E-state index contributed by atoms with van der Waals surface area (Å²) < 4.78 is 0. The van der Waals surface area contributed by atoms with Crippen LogP contribution in [-0.4, -0.2) is 64.0 Å². The maximum atomic E-state index is 12.8. The van der Waals surface area contributed by atoms with Crippen LogP contribution in [-0.2, 0) is 20.8 Å². The number of nitrogens with two attached hydrogens (primary N) is 1. The molecular weight excluding hydrogens is 366 g/mol. The van der Waals surface area contributed by atoms with Crippen molar-refractivity contribution in [2.45, 2.75) is 50.4 Å². The van der Waals surface area contributed by atoms with Gasteiger partial charge in [0.1, 0.15) is 12.1 Å². The van der Waals surface area contributed by atoms with Gasteiger partial charge in [-0.25, -0.2) is 4.79 Å². The lowest BCUT2D eigenvalue weighted by atomic mass is 10.0. The zero-order chi connectivity index (χ0) is 20.0. The molecule has 2 amide bonds. The van der Waals surface area contributed by atoms with Gasteiger partial charge in [-0.15, -0.1) is 0 Å². The average Bonchev–Trinajstić information content (AvgIpc) is 2.91. The predicted octanol–water partition coefficient (Wildman–Crippen LogP) is 0.868. The molecular formula is C19H27N3O4S. The normalized spacial score (nSPS) is 21.7. The van der Waals surface area contributed by atoms with Crippen LogP contribution in [0.15, 0.2) is 30.3 Å². The summed E-state index contributed by atoms with van der Waals surface area (Å²) in [6.45, 7) is 1.80. The summed E-state index contributed by atoms with van der Waals surface area (Å²) in [5.74, 6) is -1.03. The highest BCUT2D eigenvalue weighted by atomic mass is 32.2. The first-order valence-electron chi connectivity index (χ1n) is 8.99. The minimum atomic E-state index is -1.05. The molecule has 0 saturated carbocycles. The fraction of sp³-hybridized carbons (Fsp3) is 0.526. The quantitative estimate of drug-likeness (QED) is 0.574. The van der Waals surface area contributed by atoms with E-state index in [2.05, 4.69) is 5.32 Å². The average molecular weight is 394 g/mol. The first kappa shape index (κ1) is 21.2. The standard InChI is InChI=1S/C19H27N3O4S/c1-12-10-15(21-17(23)14(20)8-9-27-2)18(24)22(12)16(19(25)26)11-13-6-4-3-5-7-13/h3-7,12,14-16H,8-11,20H2,1-2H3,(H,21,23)(H,25,26)/t12?,14-,15-,16-/m0/s1. The Morgan fingerprint density at radius 1 is 1.37 bits per heavy atom. The summed E-state index contributed by atoms with van der Waals surface area (Å²) in [6, 6.07) is 6.55. The molecule has 0 aromatic heterocycles. The second kappa shape index (κ2) is 9.75. The second-order valence-corrected chi connectivity index (χ2v) is 7.81. The molecule has 0 bridgehead atoms. The van der Waals surface area contributed by atoms with Crippen LogP contribution in [0.3, 0.4) is 0 Å². The van der Waals surface area contributed by atoms with Crippen molar-refractivity contribution in [3.63, 3.8) is 0 Å². The number of hydrogen-bond donors (Lipinski definition) is 3. The molecule has 27 heavy (non-hydrogen) atoms. The maximum absolute atomic E-state index is 12.8. The van der Waals surface area contributed by atoms with Crippen molar-refractivity contribution >= 4 is 29.5 Å². The Bertz CT molecular complexity index is 670. The van der Waals surface area contributed by atoms with Crippen LogP contribution in [0, 0.1) is 0 Å². The topological polar surface area (TPSA) is 113 Å². The number of benzene rings is 1. The highest BCUT2D eigenvalue weighted by Gasteiger charge is 2.44. The fourth-order valence-electron chi connectivity index (χ4n) is 3.33. The lowest BCUT2D eigenvalue weighted by molar-refractivity contribution is -0.150.